The van der Waals surface area contributed by atoms with Gasteiger partial charge in [0.1, 0.15) is 13.1 Å². The molecule has 1 aliphatic rings. The number of unbranched alkanes of at least 4 members (excludes halogenated alkanes) is 1. The fraction of sp³-hybridized carbons (Fsp3) is 0.750. The zero-order valence-electron chi connectivity index (χ0n) is 11.0. The topological polar surface area (TPSA) is 66.9 Å². The fourth-order valence-electron chi connectivity index (χ4n) is 1.67. The van der Waals surface area contributed by atoms with E-state index in [1.54, 1.807) is 0 Å². The fourth-order valence-corrected chi connectivity index (χ4v) is 1.67. The molecule has 0 atom stereocenters. The predicted octanol–water partition coefficient (Wildman–Crippen LogP) is 0.0204. The molecule has 18 heavy (non-hydrogen) atoms. The van der Waals surface area contributed by atoms with Crippen LogP contribution in [0.15, 0.2) is 0 Å². The molecule has 0 spiro atoms. The standard InChI is InChI=1S/C12H20N2O4/c1-3-5-6-18-12(17)9-14-8-10(15)13(4-2)7-11(14)16/h3-9H2,1-2H3. The maximum atomic E-state index is 11.7. The van der Waals surface area contributed by atoms with E-state index in [1.807, 2.05) is 13.8 Å². The summed E-state index contributed by atoms with van der Waals surface area (Å²) >= 11 is 0. The van der Waals surface area contributed by atoms with Gasteiger partial charge in [0.15, 0.2) is 0 Å². The van der Waals surface area contributed by atoms with Crippen LogP contribution in [0.2, 0.25) is 0 Å². The molecule has 0 aromatic carbocycles. The highest BCUT2D eigenvalue weighted by atomic mass is 16.5. The molecule has 1 heterocycles. The molecule has 0 saturated carbocycles. The quantitative estimate of drug-likeness (QED) is 0.496. The van der Waals surface area contributed by atoms with Crippen LogP contribution in [0.5, 0.6) is 0 Å². The first kappa shape index (κ1) is 14.5. The van der Waals surface area contributed by atoms with Gasteiger partial charge in [-0.15, -0.1) is 0 Å². The van der Waals surface area contributed by atoms with Crippen LogP contribution in [-0.2, 0) is 19.1 Å². The summed E-state index contributed by atoms with van der Waals surface area (Å²) in [6.45, 7) is 4.59. The van der Waals surface area contributed by atoms with Crippen LogP contribution in [-0.4, -0.2) is 60.4 Å². The van der Waals surface area contributed by atoms with Crippen molar-refractivity contribution in [2.45, 2.75) is 26.7 Å². The van der Waals surface area contributed by atoms with Crippen LogP contribution in [0.1, 0.15) is 26.7 Å². The van der Waals surface area contributed by atoms with Crippen molar-refractivity contribution in [2.75, 3.05) is 32.8 Å². The van der Waals surface area contributed by atoms with Crippen molar-refractivity contribution >= 4 is 17.8 Å². The number of hydrogen-bond acceptors (Lipinski definition) is 4. The van der Waals surface area contributed by atoms with Crippen LogP contribution in [0, 0.1) is 0 Å². The minimum absolute atomic E-state index is 0.0322. The number of esters is 1. The smallest absolute Gasteiger partial charge is 0.325 e. The Labute approximate surface area is 107 Å². The molecular formula is C12H20N2O4. The molecule has 0 N–H and O–H groups in total. The van der Waals surface area contributed by atoms with Gasteiger partial charge in [0.2, 0.25) is 11.8 Å². The van der Waals surface area contributed by atoms with E-state index in [1.165, 1.54) is 9.80 Å². The molecular weight excluding hydrogens is 236 g/mol. The van der Waals surface area contributed by atoms with Gasteiger partial charge in [0.05, 0.1) is 13.2 Å². The molecule has 102 valence electrons. The number of hydrogen-bond donors (Lipinski definition) is 0. The lowest BCUT2D eigenvalue weighted by Crippen LogP contribution is -2.54. The molecule has 6 nitrogen and oxygen atoms in total. The van der Waals surface area contributed by atoms with Crippen LogP contribution >= 0.6 is 0 Å². The molecule has 0 aromatic rings. The highest BCUT2D eigenvalue weighted by Crippen LogP contribution is 2.04. The Hall–Kier alpha value is -1.59. The van der Waals surface area contributed by atoms with Crippen molar-refractivity contribution in [1.29, 1.82) is 0 Å². The van der Waals surface area contributed by atoms with Crippen molar-refractivity contribution < 1.29 is 19.1 Å². The van der Waals surface area contributed by atoms with E-state index in [0.717, 1.165) is 12.8 Å². The summed E-state index contributed by atoms with van der Waals surface area (Å²) in [6, 6.07) is 0. The second kappa shape index (κ2) is 6.98. The molecule has 2 amide bonds. The Balaban J connectivity index is 2.40. The summed E-state index contributed by atoms with van der Waals surface area (Å²) in [7, 11) is 0. The molecule has 0 aromatic heterocycles. The van der Waals surface area contributed by atoms with Crippen molar-refractivity contribution in [2.24, 2.45) is 0 Å². The summed E-state index contributed by atoms with van der Waals surface area (Å²) < 4.78 is 4.96. The van der Waals surface area contributed by atoms with Crippen LogP contribution in [0.4, 0.5) is 0 Å². The Bertz CT molecular complexity index is 330. The van der Waals surface area contributed by atoms with Gasteiger partial charge in [0, 0.05) is 6.54 Å². The number of carbonyl (C=O) groups excluding carboxylic acids is 3. The number of rotatable bonds is 6. The normalized spacial score (nSPS) is 16.1. The molecule has 0 bridgehead atoms. The maximum Gasteiger partial charge on any atom is 0.325 e. The zero-order chi connectivity index (χ0) is 13.5. The maximum absolute atomic E-state index is 11.7. The molecule has 1 saturated heterocycles. The minimum atomic E-state index is -0.449. The molecule has 0 unspecified atom stereocenters. The summed E-state index contributed by atoms with van der Waals surface area (Å²) in [5, 5.41) is 0. The average molecular weight is 256 g/mol. The summed E-state index contributed by atoms with van der Waals surface area (Å²) in [5.41, 5.74) is 0. The lowest BCUT2D eigenvalue weighted by Gasteiger charge is -2.32. The molecule has 1 fully saturated rings. The minimum Gasteiger partial charge on any atom is -0.464 e. The van der Waals surface area contributed by atoms with Gasteiger partial charge in [-0.25, -0.2) is 0 Å². The second-order valence-corrected chi connectivity index (χ2v) is 4.23. The van der Waals surface area contributed by atoms with E-state index in [0.29, 0.717) is 13.2 Å². The van der Waals surface area contributed by atoms with Gasteiger partial charge in [-0.2, -0.15) is 0 Å². The first-order valence-corrected chi connectivity index (χ1v) is 6.29. The first-order chi connectivity index (χ1) is 8.58. The van der Waals surface area contributed by atoms with Crippen molar-refractivity contribution in [1.82, 2.24) is 9.80 Å². The SMILES string of the molecule is CCCCOC(=O)CN1CC(=O)N(CC)CC1=O. The highest BCUT2D eigenvalue weighted by Gasteiger charge is 2.30. The molecule has 0 aliphatic carbocycles. The van der Waals surface area contributed by atoms with Gasteiger partial charge in [0.25, 0.3) is 0 Å². The Morgan fingerprint density at radius 1 is 1.17 bits per heavy atom. The third-order valence-electron chi connectivity index (χ3n) is 2.82. The number of ether oxygens (including phenoxy) is 1. The highest BCUT2D eigenvalue weighted by molar-refractivity contribution is 5.94. The summed E-state index contributed by atoms with van der Waals surface area (Å²) in [4.78, 5) is 37.5. The Morgan fingerprint density at radius 2 is 1.78 bits per heavy atom. The number of nitrogens with zero attached hydrogens (tertiary/aromatic N) is 2. The van der Waals surface area contributed by atoms with E-state index in [4.69, 9.17) is 4.74 Å². The van der Waals surface area contributed by atoms with E-state index in [-0.39, 0.29) is 31.4 Å². The van der Waals surface area contributed by atoms with Gasteiger partial charge < -0.3 is 14.5 Å². The number of piperazine rings is 1. The zero-order valence-corrected chi connectivity index (χ0v) is 11.0. The molecule has 6 heteroatoms. The lowest BCUT2D eigenvalue weighted by atomic mass is 10.3. The van der Waals surface area contributed by atoms with E-state index >= 15 is 0 Å². The summed E-state index contributed by atoms with van der Waals surface area (Å²) in [5.74, 6) is -0.781. The van der Waals surface area contributed by atoms with Crippen molar-refractivity contribution in [3.05, 3.63) is 0 Å². The van der Waals surface area contributed by atoms with E-state index < -0.39 is 5.97 Å². The number of amides is 2. The third kappa shape index (κ3) is 4.01. The van der Waals surface area contributed by atoms with Gasteiger partial charge in [-0.3, -0.25) is 14.4 Å². The Kier molecular flexibility index (Phi) is 5.61. The molecule has 1 aliphatic heterocycles. The van der Waals surface area contributed by atoms with Crippen LogP contribution in [0.3, 0.4) is 0 Å². The largest absolute Gasteiger partial charge is 0.464 e. The van der Waals surface area contributed by atoms with E-state index in [2.05, 4.69) is 0 Å². The predicted molar refractivity (Wildman–Crippen MR) is 64.7 cm³/mol. The molecule has 0 radical (unpaired) electrons. The number of likely N-dealkylation sites (N-methyl/N-ethyl adjacent to an activating group) is 1. The van der Waals surface area contributed by atoms with E-state index in [9.17, 15) is 14.4 Å². The average Bonchev–Trinajstić information content (AvgIpc) is 2.33. The van der Waals surface area contributed by atoms with Gasteiger partial charge in [-0.05, 0) is 13.3 Å². The van der Waals surface area contributed by atoms with Gasteiger partial charge >= 0.3 is 5.97 Å². The number of carbonyl (C=O) groups is 3. The van der Waals surface area contributed by atoms with Crippen LogP contribution in [0.25, 0.3) is 0 Å². The monoisotopic (exact) mass is 256 g/mol. The molecule has 1 rings (SSSR count). The summed E-state index contributed by atoms with van der Waals surface area (Å²) in [6.07, 6.45) is 1.75. The second-order valence-electron chi connectivity index (χ2n) is 4.23. The first-order valence-electron chi connectivity index (χ1n) is 6.29. The third-order valence-corrected chi connectivity index (χ3v) is 2.82. The van der Waals surface area contributed by atoms with Gasteiger partial charge in [-0.1, -0.05) is 13.3 Å². The Morgan fingerprint density at radius 3 is 2.39 bits per heavy atom. The van der Waals surface area contributed by atoms with Crippen molar-refractivity contribution in [3.8, 4) is 0 Å². The van der Waals surface area contributed by atoms with Crippen molar-refractivity contribution in [3.63, 3.8) is 0 Å². The van der Waals surface area contributed by atoms with Crippen LogP contribution < -0.4 is 0 Å². The lowest BCUT2D eigenvalue weighted by molar-refractivity contribution is -0.156.